The minimum absolute atomic E-state index is 0.0154. The number of nitrogens with zero attached hydrogens (tertiary/aromatic N) is 2. The lowest BCUT2D eigenvalue weighted by atomic mass is 10.1. The number of aromatic nitrogens is 1. The molecule has 0 amide bonds. The Hall–Kier alpha value is -3.27. The molecular weight excluding hydrogens is 345 g/mol. The summed E-state index contributed by atoms with van der Waals surface area (Å²) in [5.74, 6) is 0.627. The van der Waals surface area contributed by atoms with E-state index >= 15 is 0 Å². The van der Waals surface area contributed by atoms with Crippen LogP contribution in [0.2, 0.25) is 0 Å². The van der Waals surface area contributed by atoms with Crippen molar-refractivity contribution in [3.05, 3.63) is 81.3 Å². The lowest BCUT2D eigenvalue weighted by molar-refractivity contribution is -0.137. The number of pyridine rings is 1. The Labute approximate surface area is 146 Å². The topological polar surface area (TPSA) is 58.9 Å². The van der Waals surface area contributed by atoms with Gasteiger partial charge in [-0.2, -0.15) is 18.4 Å². The first kappa shape index (κ1) is 17.5. The van der Waals surface area contributed by atoms with Crippen LogP contribution in [0.5, 0.6) is 0 Å². The summed E-state index contributed by atoms with van der Waals surface area (Å²) < 4.78 is 46.6. The van der Waals surface area contributed by atoms with Crippen LogP contribution in [0.3, 0.4) is 0 Å². The number of halogens is 3. The van der Waals surface area contributed by atoms with Crippen LogP contribution in [0.1, 0.15) is 22.5 Å². The van der Waals surface area contributed by atoms with Gasteiger partial charge in [0.05, 0.1) is 17.8 Å². The van der Waals surface area contributed by atoms with Crippen molar-refractivity contribution in [1.29, 1.82) is 5.26 Å². The number of aryl methyl sites for hydroxylation is 1. The Morgan fingerprint density at radius 1 is 1.15 bits per heavy atom. The first-order valence-electron chi connectivity index (χ1n) is 7.67. The van der Waals surface area contributed by atoms with Crippen molar-refractivity contribution in [2.45, 2.75) is 19.6 Å². The average molecular weight is 358 g/mol. The Balaban J connectivity index is 2.30. The number of furan rings is 1. The average Bonchev–Trinajstić information content (AvgIpc) is 3.02. The summed E-state index contributed by atoms with van der Waals surface area (Å²) in [5, 5.41) is 9.13. The van der Waals surface area contributed by atoms with Crippen molar-refractivity contribution in [2.75, 3.05) is 0 Å². The van der Waals surface area contributed by atoms with Crippen LogP contribution in [-0.2, 0) is 12.7 Å². The fourth-order valence-electron chi connectivity index (χ4n) is 2.68. The van der Waals surface area contributed by atoms with E-state index in [4.69, 9.17) is 9.68 Å². The fraction of sp³-hybridized carbons (Fsp3) is 0.158. The smallest absolute Gasteiger partial charge is 0.417 e. The summed E-state index contributed by atoms with van der Waals surface area (Å²) in [6.45, 7) is 1.67. The number of alkyl halides is 3. The van der Waals surface area contributed by atoms with Crippen LogP contribution in [-0.4, -0.2) is 4.57 Å². The molecule has 1 aromatic carbocycles. The van der Waals surface area contributed by atoms with E-state index in [-0.39, 0.29) is 18.0 Å². The third-order valence-electron chi connectivity index (χ3n) is 3.89. The number of rotatable bonds is 3. The van der Waals surface area contributed by atoms with Crippen molar-refractivity contribution in [2.24, 2.45) is 0 Å². The molecule has 0 atom stereocenters. The molecule has 0 aliphatic heterocycles. The summed E-state index contributed by atoms with van der Waals surface area (Å²) in [6, 6.07) is 14.1. The Morgan fingerprint density at radius 3 is 2.38 bits per heavy atom. The Morgan fingerprint density at radius 2 is 1.85 bits per heavy atom. The molecule has 0 aliphatic carbocycles. The molecule has 0 fully saturated rings. The highest BCUT2D eigenvalue weighted by Gasteiger charge is 2.36. The maximum atomic E-state index is 13.3. The van der Waals surface area contributed by atoms with Crippen LogP contribution >= 0.6 is 0 Å². The molecule has 26 heavy (non-hydrogen) atoms. The van der Waals surface area contributed by atoms with Crippen molar-refractivity contribution in [3.63, 3.8) is 0 Å². The molecule has 132 valence electrons. The second-order valence-electron chi connectivity index (χ2n) is 5.72. The van der Waals surface area contributed by atoms with E-state index in [9.17, 15) is 18.0 Å². The van der Waals surface area contributed by atoms with E-state index in [0.717, 1.165) is 10.6 Å². The molecule has 0 saturated carbocycles. The van der Waals surface area contributed by atoms with E-state index < -0.39 is 22.9 Å². The highest BCUT2D eigenvalue weighted by Crippen LogP contribution is 2.34. The van der Waals surface area contributed by atoms with Crippen molar-refractivity contribution in [1.82, 2.24) is 4.57 Å². The van der Waals surface area contributed by atoms with E-state index in [2.05, 4.69) is 0 Å². The van der Waals surface area contributed by atoms with E-state index in [1.54, 1.807) is 43.3 Å². The lowest BCUT2D eigenvalue weighted by Crippen LogP contribution is -2.28. The van der Waals surface area contributed by atoms with Gasteiger partial charge in [0.25, 0.3) is 5.56 Å². The number of benzene rings is 1. The van der Waals surface area contributed by atoms with Gasteiger partial charge in [-0.1, -0.05) is 30.3 Å². The van der Waals surface area contributed by atoms with Gasteiger partial charge in [-0.05, 0) is 30.7 Å². The fourth-order valence-corrected chi connectivity index (χ4v) is 2.68. The molecule has 4 nitrogen and oxygen atoms in total. The number of nitriles is 1. The van der Waals surface area contributed by atoms with Crippen LogP contribution in [0.15, 0.2) is 57.7 Å². The summed E-state index contributed by atoms with van der Waals surface area (Å²) in [6.07, 6.45) is -4.83. The molecule has 0 spiro atoms. The monoisotopic (exact) mass is 358 g/mol. The highest BCUT2D eigenvalue weighted by molar-refractivity contribution is 5.57. The molecule has 3 aromatic rings. The van der Waals surface area contributed by atoms with Crippen molar-refractivity contribution < 1.29 is 17.6 Å². The van der Waals surface area contributed by atoms with Gasteiger partial charge in [-0.25, -0.2) is 0 Å². The van der Waals surface area contributed by atoms with E-state index in [0.29, 0.717) is 11.3 Å². The molecule has 0 unspecified atom stereocenters. The van der Waals surface area contributed by atoms with Crippen LogP contribution in [0.25, 0.3) is 11.5 Å². The zero-order chi connectivity index (χ0) is 18.9. The summed E-state index contributed by atoms with van der Waals surface area (Å²) >= 11 is 0. The highest BCUT2D eigenvalue weighted by atomic mass is 19.4. The molecule has 0 bridgehead atoms. The van der Waals surface area contributed by atoms with Crippen molar-refractivity contribution >= 4 is 0 Å². The molecule has 0 N–H and O–H groups in total. The Bertz CT molecular complexity index is 1040. The summed E-state index contributed by atoms with van der Waals surface area (Å²) in [7, 11) is 0. The summed E-state index contributed by atoms with van der Waals surface area (Å²) in [5.41, 5.74) is -2.52. The standard InChI is InChI=1S/C19H13F3N2O2/c1-12-7-8-17(26-12)16-9-15(19(20,21)22)14(10-23)18(25)24(16)11-13-5-3-2-4-6-13/h2-9H,11H2,1H3. The van der Waals surface area contributed by atoms with Gasteiger partial charge in [0.2, 0.25) is 0 Å². The maximum Gasteiger partial charge on any atom is 0.417 e. The minimum atomic E-state index is -4.83. The maximum absolute atomic E-state index is 13.3. The minimum Gasteiger partial charge on any atom is -0.460 e. The van der Waals surface area contributed by atoms with Crippen LogP contribution in [0.4, 0.5) is 13.2 Å². The number of hydrogen-bond acceptors (Lipinski definition) is 3. The quantitative estimate of drug-likeness (QED) is 0.699. The van der Waals surface area contributed by atoms with Gasteiger partial charge >= 0.3 is 6.18 Å². The van der Waals surface area contributed by atoms with Crippen LogP contribution in [0, 0.1) is 18.3 Å². The van der Waals surface area contributed by atoms with Crippen molar-refractivity contribution in [3.8, 4) is 17.5 Å². The van der Waals surface area contributed by atoms with Gasteiger partial charge in [0.15, 0.2) is 5.76 Å². The largest absolute Gasteiger partial charge is 0.460 e. The van der Waals surface area contributed by atoms with Gasteiger partial charge in [0, 0.05) is 0 Å². The molecule has 7 heteroatoms. The van der Waals surface area contributed by atoms with Gasteiger partial charge in [-0.15, -0.1) is 0 Å². The predicted molar refractivity (Wildman–Crippen MR) is 88.4 cm³/mol. The first-order valence-corrected chi connectivity index (χ1v) is 7.67. The summed E-state index contributed by atoms with van der Waals surface area (Å²) in [4.78, 5) is 12.7. The molecule has 0 radical (unpaired) electrons. The predicted octanol–water partition coefficient (Wildman–Crippen LogP) is 4.36. The molecule has 2 heterocycles. The molecule has 0 aliphatic rings. The normalized spacial score (nSPS) is 11.3. The molecule has 0 saturated heterocycles. The zero-order valence-corrected chi connectivity index (χ0v) is 13.7. The SMILES string of the molecule is Cc1ccc(-c2cc(C(F)(F)F)c(C#N)c(=O)n2Cc2ccccc2)o1. The van der Waals surface area contributed by atoms with E-state index in [1.165, 1.54) is 12.1 Å². The lowest BCUT2D eigenvalue weighted by Gasteiger charge is -2.16. The van der Waals surface area contributed by atoms with Crippen LogP contribution < -0.4 is 5.56 Å². The second-order valence-corrected chi connectivity index (χ2v) is 5.72. The van der Waals surface area contributed by atoms with Gasteiger partial charge in [0.1, 0.15) is 17.4 Å². The molecular formula is C19H13F3N2O2. The zero-order valence-electron chi connectivity index (χ0n) is 13.7. The number of hydrogen-bond donors (Lipinski definition) is 0. The third kappa shape index (κ3) is 3.26. The second kappa shape index (κ2) is 6.56. The molecule has 2 aromatic heterocycles. The first-order chi connectivity index (χ1) is 12.3. The third-order valence-corrected chi connectivity index (χ3v) is 3.89. The molecule has 3 rings (SSSR count). The Kier molecular flexibility index (Phi) is 4.43. The van der Waals surface area contributed by atoms with Gasteiger partial charge < -0.3 is 4.42 Å². The van der Waals surface area contributed by atoms with E-state index in [1.807, 2.05) is 0 Å². The van der Waals surface area contributed by atoms with Gasteiger partial charge in [-0.3, -0.25) is 9.36 Å².